The Kier molecular flexibility index (Phi) is 6.37. The Morgan fingerprint density at radius 1 is 0.972 bits per heavy atom. The molecule has 3 fully saturated rings. The molecule has 2 heterocycles. The van der Waals surface area contributed by atoms with Gasteiger partial charge in [-0.05, 0) is 80.5 Å². The lowest BCUT2D eigenvalue weighted by Gasteiger charge is -2.25. The molecule has 0 N–H and O–H groups in total. The Balaban J connectivity index is 1.28. The summed E-state index contributed by atoms with van der Waals surface area (Å²) in [5.41, 5.74) is 2.77. The van der Waals surface area contributed by atoms with Gasteiger partial charge in [-0.25, -0.2) is 4.90 Å². The zero-order valence-corrected chi connectivity index (χ0v) is 21.4. The molecule has 0 unspecified atom stereocenters. The van der Waals surface area contributed by atoms with Crippen molar-refractivity contribution >= 4 is 46.7 Å². The Hall–Kier alpha value is -3.19. The molecule has 0 spiro atoms. The summed E-state index contributed by atoms with van der Waals surface area (Å²) in [6.07, 6.45) is 2.50. The minimum atomic E-state index is -0.607. The first-order valence-electron chi connectivity index (χ1n) is 12.4. The molecule has 8 heteroatoms. The summed E-state index contributed by atoms with van der Waals surface area (Å²) < 4.78 is 5.60. The van der Waals surface area contributed by atoms with Crippen LogP contribution in [0.4, 0.5) is 11.4 Å². The van der Waals surface area contributed by atoms with Crippen molar-refractivity contribution in [2.45, 2.75) is 46.5 Å². The van der Waals surface area contributed by atoms with Crippen LogP contribution >= 0.6 is 11.6 Å². The number of fused-ring (bicyclic) bond motifs is 1. The quantitative estimate of drug-likeness (QED) is 0.335. The number of esters is 1. The van der Waals surface area contributed by atoms with Crippen LogP contribution < -0.4 is 14.5 Å². The largest absolute Gasteiger partial charge is 0.426 e. The molecule has 2 aromatic rings. The Morgan fingerprint density at radius 3 is 2.44 bits per heavy atom. The van der Waals surface area contributed by atoms with E-state index in [0.29, 0.717) is 33.6 Å². The van der Waals surface area contributed by atoms with Gasteiger partial charge in [0.1, 0.15) is 5.75 Å². The maximum absolute atomic E-state index is 13.1. The van der Waals surface area contributed by atoms with Gasteiger partial charge in [-0.2, -0.15) is 0 Å². The third-order valence-corrected chi connectivity index (χ3v) is 8.15. The molecule has 36 heavy (non-hydrogen) atoms. The molecule has 1 aliphatic carbocycles. The summed E-state index contributed by atoms with van der Waals surface area (Å²) in [5.74, 6) is -1.26. The highest BCUT2D eigenvalue weighted by molar-refractivity contribution is 6.31. The number of hydrogen-bond donors (Lipinski definition) is 0. The van der Waals surface area contributed by atoms with Crippen molar-refractivity contribution in [3.05, 3.63) is 52.5 Å². The van der Waals surface area contributed by atoms with E-state index in [1.54, 1.807) is 36.1 Å². The van der Waals surface area contributed by atoms with Crippen LogP contribution in [0, 0.1) is 37.5 Å². The van der Waals surface area contributed by atoms with Crippen LogP contribution in [0.15, 0.2) is 36.4 Å². The van der Waals surface area contributed by atoms with E-state index in [2.05, 4.69) is 6.92 Å². The van der Waals surface area contributed by atoms with Crippen molar-refractivity contribution in [3.63, 3.8) is 0 Å². The van der Waals surface area contributed by atoms with E-state index >= 15 is 0 Å². The van der Waals surface area contributed by atoms with Gasteiger partial charge in [-0.1, -0.05) is 24.6 Å². The lowest BCUT2D eigenvalue weighted by molar-refractivity contribution is -0.139. The summed E-state index contributed by atoms with van der Waals surface area (Å²) in [5, 5.41) is 0.561. The number of aryl methyl sites for hydroxylation is 2. The Morgan fingerprint density at radius 2 is 1.72 bits per heavy atom. The second-order valence-corrected chi connectivity index (χ2v) is 10.8. The highest BCUT2D eigenvalue weighted by Gasteiger charge is 2.50. The number of carbonyl (C=O) groups is 4. The molecule has 0 bridgehead atoms. The van der Waals surface area contributed by atoms with Crippen molar-refractivity contribution in [3.8, 4) is 5.75 Å². The highest BCUT2D eigenvalue weighted by Crippen LogP contribution is 2.43. The summed E-state index contributed by atoms with van der Waals surface area (Å²) in [6.45, 7) is 6.01. The number of amides is 3. The van der Waals surface area contributed by atoms with Crippen molar-refractivity contribution in [1.82, 2.24) is 0 Å². The van der Waals surface area contributed by atoms with E-state index < -0.39 is 11.9 Å². The molecule has 7 nitrogen and oxygen atoms in total. The summed E-state index contributed by atoms with van der Waals surface area (Å²) in [6, 6.07) is 10.3. The van der Waals surface area contributed by atoms with Gasteiger partial charge in [-0.3, -0.25) is 19.2 Å². The number of hydrogen-bond acceptors (Lipinski definition) is 5. The highest BCUT2D eigenvalue weighted by atomic mass is 35.5. The topological polar surface area (TPSA) is 84.0 Å². The number of ether oxygens (including phenoxy) is 1. The molecule has 3 aliphatic rings. The van der Waals surface area contributed by atoms with Gasteiger partial charge in [0.2, 0.25) is 17.7 Å². The van der Waals surface area contributed by atoms with Crippen molar-refractivity contribution in [2.75, 3.05) is 16.3 Å². The molecular weight excluding hydrogens is 480 g/mol. The number of imide groups is 1. The Labute approximate surface area is 215 Å². The van der Waals surface area contributed by atoms with Crippen LogP contribution in [0.2, 0.25) is 5.02 Å². The van der Waals surface area contributed by atoms with Gasteiger partial charge < -0.3 is 9.64 Å². The van der Waals surface area contributed by atoms with Crippen LogP contribution in [0.3, 0.4) is 0 Å². The second kappa shape index (κ2) is 9.36. The van der Waals surface area contributed by atoms with Gasteiger partial charge in [0.05, 0.1) is 23.4 Å². The number of anilines is 2. The van der Waals surface area contributed by atoms with Crippen LogP contribution in [0.5, 0.6) is 5.75 Å². The molecule has 0 aromatic heterocycles. The first-order chi connectivity index (χ1) is 17.1. The van der Waals surface area contributed by atoms with Crippen molar-refractivity contribution < 1.29 is 23.9 Å². The third-order valence-electron chi connectivity index (χ3n) is 7.74. The minimum Gasteiger partial charge on any atom is -0.426 e. The van der Waals surface area contributed by atoms with Crippen molar-refractivity contribution in [2.24, 2.45) is 23.7 Å². The fourth-order valence-corrected chi connectivity index (χ4v) is 5.81. The van der Waals surface area contributed by atoms with E-state index in [1.165, 1.54) is 4.90 Å². The maximum atomic E-state index is 13.1. The van der Waals surface area contributed by atoms with Gasteiger partial charge >= 0.3 is 5.97 Å². The molecule has 2 saturated heterocycles. The second-order valence-electron chi connectivity index (χ2n) is 10.4. The van der Waals surface area contributed by atoms with Gasteiger partial charge in [-0.15, -0.1) is 0 Å². The third kappa shape index (κ3) is 4.30. The molecule has 188 valence electrons. The average molecular weight is 509 g/mol. The van der Waals surface area contributed by atoms with Crippen LogP contribution in [-0.2, 0) is 19.2 Å². The number of carbonyl (C=O) groups excluding carboxylic acids is 4. The number of benzene rings is 2. The fraction of sp³-hybridized carbons (Fsp3) is 0.429. The molecule has 2 aromatic carbocycles. The fourth-order valence-electron chi connectivity index (χ4n) is 5.63. The molecule has 0 radical (unpaired) electrons. The van der Waals surface area contributed by atoms with Gasteiger partial charge in [0.25, 0.3) is 0 Å². The molecule has 1 saturated carbocycles. The lowest BCUT2D eigenvalue weighted by atomic mass is 9.76. The molecular formula is C28H29ClN2O5. The predicted octanol–water partition coefficient (Wildman–Crippen LogP) is 4.84. The smallest absolute Gasteiger partial charge is 0.316 e. The zero-order valence-electron chi connectivity index (χ0n) is 20.6. The van der Waals surface area contributed by atoms with Crippen LogP contribution in [0.25, 0.3) is 0 Å². The summed E-state index contributed by atoms with van der Waals surface area (Å²) in [4.78, 5) is 54.4. The Bertz CT molecular complexity index is 1270. The van der Waals surface area contributed by atoms with Gasteiger partial charge in [0, 0.05) is 23.7 Å². The lowest BCUT2D eigenvalue weighted by Crippen LogP contribution is -2.31. The first kappa shape index (κ1) is 24.5. The van der Waals surface area contributed by atoms with Crippen LogP contribution in [-0.4, -0.2) is 30.2 Å². The van der Waals surface area contributed by atoms with E-state index in [0.717, 1.165) is 24.8 Å². The minimum absolute atomic E-state index is 0.0549. The standard InChI is InChI=1S/C28H29ClN2O5/c1-15-4-8-21-22(10-15)27(34)31(26(21)33)24-9-7-20(11-17(24)3)36-28(35)18-12-25(32)30(14-18)19-6-5-16(2)23(29)13-19/h5-7,9,11,13,15,18,21-22H,4,8,10,12,14H2,1-3H3/t15-,18+,21+,22-/m0/s1. The first-order valence-corrected chi connectivity index (χ1v) is 12.8. The molecule has 2 aliphatic heterocycles. The average Bonchev–Trinajstić information content (AvgIpc) is 3.33. The normalized spacial score (nSPS) is 25.9. The van der Waals surface area contributed by atoms with Crippen LogP contribution in [0.1, 0.15) is 43.7 Å². The van der Waals surface area contributed by atoms with Gasteiger partial charge in [0.15, 0.2) is 0 Å². The number of halogens is 1. The molecule has 4 atom stereocenters. The number of nitrogens with zero attached hydrogens (tertiary/aromatic N) is 2. The molecule has 3 amide bonds. The SMILES string of the molecule is Cc1ccc(N2C[C@H](C(=O)Oc3ccc(N4C(=O)[C@H]5C[C@@H](C)CC[C@H]5C4=O)c(C)c3)CC2=O)cc1Cl. The van der Waals surface area contributed by atoms with E-state index in [1.807, 2.05) is 19.1 Å². The maximum Gasteiger partial charge on any atom is 0.316 e. The van der Waals surface area contributed by atoms with E-state index in [-0.39, 0.29) is 42.5 Å². The molecule has 5 rings (SSSR count). The number of rotatable bonds is 4. The monoisotopic (exact) mass is 508 g/mol. The zero-order chi connectivity index (χ0) is 25.7. The van der Waals surface area contributed by atoms with E-state index in [4.69, 9.17) is 16.3 Å². The predicted molar refractivity (Wildman–Crippen MR) is 136 cm³/mol. The van der Waals surface area contributed by atoms with Crippen molar-refractivity contribution in [1.29, 1.82) is 0 Å². The van der Waals surface area contributed by atoms with E-state index in [9.17, 15) is 19.2 Å². The summed E-state index contributed by atoms with van der Waals surface area (Å²) in [7, 11) is 0. The summed E-state index contributed by atoms with van der Waals surface area (Å²) >= 11 is 6.21.